The number of nitrogen functional groups attached to an aromatic ring is 1. The summed E-state index contributed by atoms with van der Waals surface area (Å²) in [6.07, 6.45) is 0. The van der Waals surface area contributed by atoms with Gasteiger partial charge in [0.05, 0.1) is 12.3 Å². The van der Waals surface area contributed by atoms with Crippen LogP contribution in [0.5, 0.6) is 0 Å². The van der Waals surface area contributed by atoms with E-state index in [0.29, 0.717) is 19.7 Å². The van der Waals surface area contributed by atoms with Crippen molar-refractivity contribution in [3.8, 4) is 0 Å². The molecule has 0 unspecified atom stereocenters. The topological polar surface area (TPSA) is 72.6 Å². The average Bonchev–Trinajstić information content (AvgIpc) is 2.34. The predicted molar refractivity (Wildman–Crippen MR) is 76.3 cm³/mol. The Kier molecular flexibility index (Phi) is 5.78. The Labute approximate surface area is 115 Å². The van der Waals surface area contributed by atoms with Gasteiger partial charge in [0.15, 0.2) is 0 Å². The normalized spacial score (nSPS) is 12.3. The molecular formula is C13H22N2O3S. The van der Waals surface area contributed by atoms with Gasteiger partial charge in [0.2, 0.25) is 10.0 Å². The lowest BCUT2D eigenvalue weighted by Crippen LogP contribution is -2.37. The molecule has 0 saturated carbocycles. The Bertz CT molecular complexity index is 500. The first-order valence-corrected chi connectivity index (χ1v) is 7.67. The molecule has 5 nitrogen and oxygen atoms in total. The van der Waals surface area contributed by atoms with E-state index in [-0.39, 0.29) is 16.5 Å². The highest BCUT2D eigenvalue weighted by molar-refractivity contribution is 7.89. The summed E-state index contributed by atoms with van der Waals surface area (Å²) < 4.78 is 31.6. The fourth-order valence-corrected chi connectivity index (χ4v) is 3.47. The fourth-order valence-electron chi connectivity index (χ4n) is 1.76. The van der Waals surface area contributed by atoms with E-state index in [9.17, 15) is 8.42 Å². The van der Waals surface area contributed by atoms with Crippen LogP contribution < -0.4 is 5.73 Å². The lowest BCUT2D eigenvalue weighted by atomic mass is 10.2. The molecule has 0 saturated heterocycles. The zero-order valence-electron chi connectivity index (χ0n) is 11.7. The molecule has 1 aromatic rings. The Balaban J connectivity index is 3.08. The van der Waals surface area contributed by atoms with Gasteiger partial charge in [0.1, 0.15) is 4.90 Å². The van der Waals surface area contributed by atoms with Crippen molar-refractivity contribution in [3.63, 3.8) is 0 Å². The monoisotopic (exact) mass is 286 g/mol. The van der Waals surface area contributed by atoms with E-state index in [1.54, 1.807) is 25.3 Å². The van der Waals surface area contributed by atoms with Crippen molar-refractivity contribution < 1.29 is 13.2 Å². The molecule has 108 valence electrons. The van der Waals surface area contributed by atoms with Gasteiger partial charge in [0, 0.05) is 20.2 Å². The number of nitrogens with two attached hydrogens (primary N) is 1. The zero-order valence-corrected chi connectivity index (χ0v) is 12.5. The highest BCUT2D eigenvalue weighted by atomic mass is 32.2. The quantitative estimate of drug-likeness (QED) is 0.772. The molecule has 0 radical (unpaired) electrons. The maximum absolute atomic E-state index is 12.6. The molecule has 1 rings (SSSR count). The van der Waals surface area contributed by atoms with Gasteiger partial charge in [-0.2, -0.15) is 4.31 Å². The number of hydrogen-bond donors (Lipinski definition) is 1. The number of rotatable bonds is 7. The molecule has 0 spiro atoms. The van der Waals surface area contributed by atoms with Gasteiger partial charge < -0.3 is 10.5 Å². The van der Waals surface area contributed by atoms with Crippen molar-refractivity contribution in [3.05, 3.63) is 24.3 Å². The lowest BCUT2D eigenvalue weighted by Gasteiger charge is -2.24. The minimum Gasteiger partial charge on any atom is -0.398 e. The van der Waals surface area contributed by atoms with Crippen LogP contribution >= 0.6 is 0 Å². The third kappa shape index (κ3) is 4.19. The van der Waals surface area contributed by atoms with Crippen LogP contribution in [0.25, 0.3) is 0 Å². The van der Waals surface area contributed by atoms with Crippen LogP contribution in [-0.4, -0.2) is 39.5 Å². The number of hydrogen-bond acceptors (Lipinski definition) is 4. The number of anilines is 1. The van der Waals surface area contributed by atoms with Crippen LogP contribution in [0.3, 0.4) is 0 Å². The lowest BCUT2D eigenvalue weighted by molar-refractivity contribution is 0.175. The molecule has 0 aromatic heterocycles. The number of nitrogens with zero attached hydrogens (tertiary/aromatic N) is 1. The average molecular weight is 286 g/mol. The van der Waals surface area contributed by atoms with E-state index in [4.69, 9.17) is 10.5 Å². The van der Waals surface area contributed by atoms with E-state index in [1.807, 2.05) is 13.8 Å². The summed E-state index contributed by atoms with van der Waals surface area (Å²) in [4.78, 5) is 0.159. The molecule has 0 heterocycles. The van der Waals surface area contributed by atoms with Crippen LogP contribution in [0.4, 0.5) is 5.69 Å². The van der Waals surface area contributed by atoms with E-state index < -0.39 is 10.0 Å². The van der Waals surface area contributed by atoms with Gasteiger partial charge >= 0.3 is 0 Å². The molecule has 0 aliphatic heterocycles. The molecule has 1 aromatic carbocycles. The number of methoxy groups -OCH3 is 1. The summed E-state index contributed by atoms with van der Waals surface area (Å²) in [7, 11) is -2.02. The Morgan fingerprint density at radius 3 is 2.47 bits per heavy atom. The molecule has 0 fully saturated rings. The molecule has 0 amide bonds. The number of ether oxygens (including phenoxy) is 1. The molecule has 0 aliphatic rings. The summed E-state index contributed by atoms with van der Waals surface area (Å²) >= 11 is 0. The predicted octanol–water partition coefficient (Wildman–Crippen LogP) is 1.56. The summed E-state index contributed by atoms with van der Waals surface area (Å²) in [5.74, 6) is 0.233. The van der Waals surface area contributed by atoms with Crippen LogP contribution in [0.1, 0.15) is 13.8 Å². The Hall–Kier alpha value is -1.11. The molecule has 0 bridgehead atoms. The van der Waals surface area contributed by atoms with Gasteiger partial charge in [-0.3, -0.25) is 0 Å². The minimum absolute atomic E-state index is 0.159. The maximum atomic E-state index is 12.6. The van der Waals surface area contributed by atoms with Crippen molar-refractivity contribution in [1.29, 1.82) is 0 Å². The summed E-state index contributed by atoms with van der Waals surface area (Å²) in [5.41, 5.74) is 6.04. The molecule has 19 heavy (non-hydrogen) atoms. The second kappa shape index (κ2) is 6.88. The zero-order chi connectivity index (χ0) is 14.5. The number of benzene rings is 1. The minimum atomic E-state index is -3.57. The standard InChI is InChI=1S/C13H22N2O3S/c1-11(2)10-15(8-9-18-3)19(16,17)13-7-5-4-6-12(13)14/h4-7,11H,8-10,14H2,1-3H3. The highest BCUT2D eigenvalue weighted by Gasteiger charge is 2.26. The summed E-state index contributed by atoms with van der Waals surface area (Å²) in [5, 5.41) is 0. The fraction of sp³-hybridized carbons (Fsp3) is 0.538. The van der Waals surface area contributed by atoms with Crippen molar-refractivity contribution in [1.82, 2.24) is 4.31 Å². The van der Waals surface area contributed by atoms with E-state index in [0.717, 1.165) is 0 Å². The highest BCUT2D eigenvalue weighted by Crippen LogP contribution is 2.22. The van der Waals surface area contributed by atoms with Crippen molar-refractivity contribution in [2.24, 2.45) is 5.92 Å². The van der Waals surface area contributed by atoms with Crippen LogP contribution in [0.15, 0.2) is 29.2 Å². The first-order chi connectivity index (χ1) is 8.89. The van der Waals surface area contributed by atoms with Crippen molar-refractivity contribution in [2.75, 3.05) is 32.5 Å². The van der Waals surface area contributed by atoms with Crippen LogP contribution in [0.2, 0.25) is 0 Å². The summed E-state index contributed by atoms with van der Waals surface area (Å²) in [6, 6.07) is 6.52. The van der Waals surface area contributed by atoms with Gasteiger partial charge in [-0.05, 0) is 18.1 Å². The number of para-hydroxylation sites is 1. The SMILES string of the molecule is COCCN(CC(C)C)S(=O)(=O)c1ccccc1N. The van der Waals surface area contributed by atoms with E-state index >= 15 is 0 Å². The molecule has 0 atom stereocenters. The molecular weight excluding hydrogens is 264 g/mol. The Morgan fingerprint density at radius 1 is 1.32 bits per heavy atom. The van der Waals surface area contributed by atoms with Crippen molar-refractivity contribution >= 4 is 15.7 Å². The van der Waals surface area contributed by atoms with Crippen LogP contribution in [0, 0.1) is 5.92 Å². The smallest absolute Gasteiger partial charge is 0.245 e. The first-order valence-electron chi connectivity index (χ1n) is 6.23. The summed E-state index contributed by atoms with van der Waals surface area (Å²) in [6.45, 7) is 5.08. The maximum Gasteiger partial charge on any atom is 0.245 e. The molecule has 0 aliphatic carbocycles. The van der Waals surface area contributed by atoms with Gasteiger partial charge in [-0.1, -0.05) is 26.0 Å². The largest absolute Gasteiger partial charge is 0.398 e. The van der Waals surface area contributed by atoms with Crippen molar-refractivity contribution in [2.45, 2.75) is 18.7 Å². The van der Waals surface area contributed by atoms with Crippen LogP contribution in [-0.2, 0) is 14.8 Å². The van der Waals surface area contributed by atoms with Gasteiger partial charge in [-0.25, -0.2) is 8.42 Å². The molecule has 6 heteroatoms. The van der Waals surface area contributed by atoms with Gasteiger partial charge in [0.25, 0.3) is 0 Å². The third-order valence-corrected chi connectivity index (χ3v) is 4.59. The van der Waals surface area contributed by atoms with E-state index in [1.165, 1.54) is 10.4 Å². The Morgan fingerprint density at radius 2 is 1.95 bits per heavy atom. The second-order valence-electron chi connectivity index (χ2n) is 4.79. The van der Waals surface area contributed by atoms with Gasteiger partial charge in [-0.15, -0.1) is 0 Å². The van der Waals surface area contributed by atoms with E-state index in [2.05, 4.69) is 0 Å². The first kappa shape index (κ1) is 15.9. The molecule has 2 N–H and O–H groups in total. The number of sulfonamides is 1. The second-order valence-corrected chi connectivity index (χ2v) is 6.69. The third-order valence-electron chi connectivity index (χ3n) is 2.65.